The first kappa shape index (κ1) is 26.6. The molecule has 180 valence electrons. The number of hydrogen-bond donors (Lipinski definition) is 1. The Morgan fingerprint density at radius 1 is 1.31 bits per heavy atom. The van der Waals surface area contributed by atoms with Crippen molar-refractivity contribution in [1.82, 2.24) is 29.9 Å². The van der Waals surface area contributed by atoms with E-state index in [4.69, 9.17) is 4.42 Å². The summed E-state index contributed by atoms with van der Waals surface area (Å²) in [6, 6.07) is 0. The molecule has 0 amide bonds. The highest BCUT2D eigenvalue weighted by Crippen LogP contribution is 2.20. The Labute approximate surface area is 209 Å². The smallest absolute Gasteiger partial charge is 0.208 e. The molecule has 1 aliphatic rings. The van der Waals surface area contributed by atoms with Gasteiger partial charge in [0.05, 0.1) is 17.9 Å². The van der Waals surface area contributed by atoms with E-state index in [1.54, 1.807) is 0 Å². The fraction of sp³-hybridized carbons (Fsp3) is 0.696. The first-order valence-electron chi connectivity index (χ1n) is 11.4. The predicted molar refractivity (Wildman–Crippen MR) is 140 cm³/mol. The van der Waals surface area contributed by atoms with E-state index in [1.165, 1.54) is 18.4 Å². The average Bonchev–Trinajstić information content (AvgIpc) is 3.24. The summed E-state index contributed by atoms with van der Waals surface area (Å²) in [4.78, 5) is 13.7. The Hall–Kier alpha value is -1.62. The first-order chi connectivity index (χ1) is 14.8. The van der Waals surface area contributed by atoms with Crippen molar-refractivity contribution in [2.75, 3.05) is 33.7 Å². The molecule has 0 radical (unpaired) electrons. The highest BCUT2D eigenvalue weighted by molar-refractivity contribution is 14.0. The van der Waals surface area contributed by atoms with Crippen LogP contribution in [0.25, 0.3) is 0 Å². The van der Waals surface area contributed by atoms with Crippen molar-refractivity contribution in [3.63, 3.8) is 0 Å². The van der Waals surface area contributed by atoms with Gasteiger partial charge >= 0.3 is 0 Å². The standard InChI is InChI=1S/C23H39N7O.HI/c1-16(2)22-20(14-29(7)27-22)13-28(6)23(24-5)25-12-19-8-10-30(11-9-19)15-21-26-17(3)18(4)31-21;/h14,16,19H,8-13,15H2,1-7H3,(H,24,25);1H. The van der Waals surface area contributed by atoms with Crippen molar-refractivity contribution in [3.05, 3.63) is 34.8 Å². The molecule has 1 saturated heterocycles. The number of nitrogens with zero attached hydrogens (tertiary/aromatic N) is 6. The quantitative estimate of drug-likeness (QED) is 0.318. The van der Waals surface area contributed by atoms with Crippen LogP contribution in [0, 0.1) is 19.8 Å². The van der Waals surface area contributed by atoms with E-state index in [0.717, 1.165) is 61.7 Å². The second-order valence-corrected chi connectivity index (χ2v) is 9.12. The van der Waals surface area contributed by atoms with Crippen LogP contribution in [0.3, 0.4) is 0 Å². The zero-order valence-electron chi connectivity index (χ0n) is 20.7. The number of halogens is 1. The first-order valence-corrected chi connectivity index (χ1v) is 11.4. The molecule has 0 aromatic carbocycles. The number of piperidine rings is 1. The number of aromatic nitrogens is 3. The Kier molecular flexibility index (Phi) is 10.00. The number of likely N-dealkylation sites (tertiary alicyclic amines) is 1. The van der Waals surface area contributed by atoms with Crippen LogP contribution in [-0.2, 0) is 20.1 Å². The van der Waals surface area contributed by atoms with E-state index >= 15 is 0 Å². The molecule has 0 unspecified atom stereocenters. The summed E-state index contributed by atoms with van der Waals surface area (Å²) >= 11 is 0. The molecule has 0 bridgehead atoms. The zero-order valence-corrected chi connectivity index (χ0v) is 23.0. The molecule has 9 heteroatoms. The predicted octanol–water partition coefficient (Wildman–Crippen LogP) is 3.69. The van der Waals surface area contributed by atoms with Gasteiger partial charge in [-0.3, -0.25) is 14.6 Å². The molecule has 32 heavy (non-hydrogen) atoms. The van der Waals surface area contributed by atoms with Crippen LogP contribution in [0.1, 0.15) is 61.2 Å². The molecule has 8 nitrogen and oxygen atoms in total. The third-order valence-electron chi connectivity index (χ3n) is 6.15. The molecule has 1 fully saturated rings. The summed E-state index contributed by atoms with van der Waals surface area (Å²) in [5, 5.41) is 8.21. The van der Waals surface area contributed by atoms with Crippen molar-refractivity contribution in [2.24, 2.45) is 18.0 Å². The number of aliphatic imine (C=N–C) groups is 1. The summed E-state index contributed by atoms with van der Waals surface area (Å²) in [7, 11) is 5.93. The third-order valence-corrected chi connectivity index (χ3v) is 6.15. The van der Waals surface area contributed by atoms with E-state index in [1.807, 2.05) is 32.6 Å². The molecule has 0 aliphatic carbocycles. The number of rotatable bonds is 7. The number of guanidine groups is 1. The van der Waals surface area contributed by atoms with Crippen LogP contribution in [-0.4, -0.2) is 64.3 Å². The van der Waals surface area contributed by atoms with Crippen LogP contribution >= 0.6 is 24.0 Å². The second kappa shape index (κ2) is 12.0. The molecular weight excluding hydrogens is 517 g/mol. The minimum Gasteiger partial charge on any atom is -0.444 e. The van der Waals surface area contributed by atoms with Crippen LogP contribution in [0.15, 0.2) is 15.6 Å². The lowest BCUT2D eigenvalue weighted by molar-refractivity contribution is 0.163. The zero-order chi connectivity index (χ0) is 22.5. The van der Waals surface area contributed by atoms with Gasteiger partial charge < -0.3 is 14.6 Å². The Bertz CT molecular complexity index is 862. The third kappa shape index (κ3) is 6.94. The van der Waals surface area contributed by atoms with Gasteiger partial charge in [0.1, 0.15) is 5.76 Å². The molecule has 3 rings (SSSR count). The van der Waals surface area contributed by atoms with E-state index in [0.29, 0.717) is 11.8 Å². The summed E-state index contributed by atoms with van der Waals surface area (Å²) in [5.74, 6) is 3.76. The van der Waals surface area contributed by atoms with Crippen molar-refractivity contribution < 1.29 is 4.42 Å². The largest absolute Gasteiger partial charge is 0.444 e. The van der Waals surface area contributed by atoms with Crippen molar-refractivity contribution >= 4 is 29.9 Å². The minimum atomic E-state index is 0. The highest BCUT2D eigenvalue weighted by Gasteiger charge is 2.22. The number of aryl methyl sites for hydroxylation is 3. The Balaban J connectivity index is 0.00000363. The van der Waals surface area contributed by atoms with Crippen LogP contribution in [0.5, 0.6) is 0 Å². The van der Waals surface area contributed by atoms with Crippen molar-refractivity contribution in [2.45, 2.75) is 59.5 Å². The maximum Gasteiger partial charge on any atom is 0.208 e. The SMILES string of the molecule is CN=C(NCC1CCN(Cc2nc(C)c(C)o2)CC1)N(C)Cc1cn(C)nc1C(C)C.I. The van der Waals surface area contributed by atoms with E-state index < -0.39 is 0 Å². The lowest BCUT2D eigenvalue weighted by Crippen LogP contribution is -2.43. The van der Waals surface area contributed by atoms with E-state index in [2.05, 4.69) is 57.3 Å². The molecule has 0 saturated carbocycles. The number of hydrogen-bond acceptors (Lipinski definition) is 5. The van der Waals surface area contributed by atoms with Gasteiger partial charge in [0.25, 0.3) is 0 Å². The average molecular weight is 558 g/mol. The highest BCUT2D eigenvalue weighted by atomic mass is 127. The second-order valence-electron chi connectivity index (χ2n) is 9.12. The van der Waals surface area contributed by atoms with Gasteiger partial charge in [0.15, 0.2) is 5.96 Å². The lowest BCUT2D eigenvalue weighted by Gasteiger charge is -2.32. The maximum atomic E-state index is 5.74. The normalized spacial score (nSPS) is 15.8. The van der Waals surface area contributed by atoms with E-state index in [9.17, 15) is 0 Å². The van der Waals surface area contributed by atoms with Gasteiger partial charge in [-0.1, -0.05) is 13.8 Å². The Morgan fingerprint density at radius 2 is 2.00 bits per heavy atom. The molecular formula is C23H40IN7O. The monoisotopic (exact) mass is 557 g/mol. The van der Waals surface area contributed by atoms with Gasteiger partial charge in [-0.15, -0.1) is 24.0 Å². The topological polar surface area (TPSA) is 74.7 Å². The summed E-state index contributed by atoms with van der Waals surface area (Å²) in [5.41, 5.74) is 3.42. The fourth-order valence-corrected chi connectivity index (χ4v) is 4.26. The Morgan fingerprint density at radius 3 is 2.56 bits per heavy atom. The van der Waals surface area contributed by atoms with Gasteiger partial charge in [-0.25, -0.2) is 4.98 Å². The van der Waals surface area contributed by atoms with Crippen molar-refractivity contribution in [1.29, 1.82) is 0 Å². The maximum absolute atomic E-state index is 5.74. The lowest BCUT2D eigenvalue weighted by atomic mass is 9.97. The van der Waals surface area contributed by atoms with Gasteiger partial charge in [-0.2, -0.15) is 5.10 Å². The van der Waals surface area contributed by atoms with Gasteiger partial charge in [-0.05, 0) is 51.6 Å². The molecule has 0 atom stereocenters. The van der Waals surface area contributed by atoms with Crippen LogP contribution in [0.4, 0.5) is 0 Å². The van der Waals surface area contributed by atoms with E-state index in [-0.39, 0.29) is 24.0 Å². The molecule has 3 heterocycles. The molecule has 0 spiro atoms. The van der Waals surface area contributed by atoms with Crippen molar-refractivity contribution in [3.8, 4) is 0 Å². The fourth-order valence-electron chi connectivity index (χ4n) is 4.26. The number of oxazole rings is 1. The summed E-state index contributed by atoms with van der Waals surface area (Å²) in [6.45, 7) is 13.1. The van der Waals surface area contributed by atoms with Gasteiger partial charge in [0.2, 0.25) is 5.89 Å². The van der Waals surface area contributed by atoms with Crippen LogP contribution < -0.4 is 5.32 Å². The van der Waals surface area contributed by atoms with Gasteiger partial charge in [0, 0.05) is 46.0 Å². The summed E-state index contributed by atoms with van der Waals surface area (Å²) < 4.78 is 7.65. The summed E-state index contributed by atoms with van der Waals surface area (Å²) in [6.07, 6.45) is 4.46. The molecule has 2 aromatic heterocycles. The minimum absolute atomic E-state index is 0. The number of nitrogens with one attached hydrogen (secondary N) is 1. The molecule has 2 aromatic rings. The molecule has 1 aliphatic heterocycles. The molecule has 1 N–H and O–H groups in total. The van der Waals surface area contributed by atoms with Crippen LogP contribution in [0.2, 0.25) is 0 Å².